The maximum Gasteiger partial charge on any atom is 0.330 e. The van der Waals surface area contributed by atoms with E-state index in [4.69, 9.17) is 4.74 Å². The summed E-state index contributed by atoms with van der Waals surface area (Å²) in [5, 5.41) is 3.03. The second-order valence-corrected chi connectivity index (χ2v) is 3.40. The van der Waals surface area contributed by atoms with Crippen LogP contribution in [0.1, 0.15) is 13.3 Å². The van der Waals surface area contributed by atoms with Crippen LogP contribution in [0.3, 0.4) is 0 Å². The van der Waals surface area contributed by atoms with E-state index in [2.05, 4.69) is 5.32 Å². The van der Waals surface area contributed by atoms with E-state index in [0.717, 1.165) is 0 Å². The monoisotopic (exact) mass is 228 g/mol. The van der Waals surface area contributed by atoms with E-state index in [1.165, 1.54) is 6.08 Å². The number of carbonyl (C=O) groups excluding carboxylic acids is 2. The first-order valence-electron chi connectivity index (χ1n) is 5.32. The molecule has 5 heteroatoms. The van der Waals surface area contributed by atoms with Crippen LogP contribution in [0.4, 0.5) is 0 Å². The number of esters is 1. The van der Waals surface area contributed by atoms with Crippen LogP contribution in [-0.2, 0) is 14.3 Å². The Morgan fingerprint density at radius 1 is 1.38 bits per heavy atom. The molecular formula is C11H20N2O3. The Kier molecular flexibility index (Phi) is 8.15. The fourth-order valence-corrected chi connectivity index (χ4v) is 0.950. The number of ether oxygens (including phenoxy) is 1. The minimum absolute atomic E-state index is 0.0851. The van der Waals surface area contributed by atoms with Gasteiger partial charge in [-0.15, -0.1) is 0 Å². The van der Waals surface area contributed by atoms with Crippen LogP contribution in [0.25, 0.3) is 0 Å². The highest BCUT2D eigenvalue weighted by Crippen LogP contribution is 1.85. The fourth-order valence-electron chi connectivity index (χ4n) is 0.950. The number of hydrogen-bond acceptors (Lipinski definition) is 4. The molecule has 0 aromatic carbocycles. The Bertz CT molecular complexity index is 250. The summed E-state index contributed by atoms with van der Waals surface area (Å²) in [5.74, 6) is -0.254. The van der Waals surface area contributed by atoms with E-state index < -0.39 is 0 Å². The van der Waals surface area contributed by atoms with Gasteiger partial charge >= 0.3 is 5.97 Å². The predicted molar refractivity (Wildman–Crippen MR) is 62.0 cm³/mol. The number of nitrogens with one attached hydrogen (secondary N) is 1. The molecule has 16 heavy (non-hydrogen) atoms. The normalized spacial score (nSPS) is 10.4. The number of amides is 1. The van der Waals surface area contributed by atoms with Crippen LogP contribution in [0.2, 0.25) is 0 Å². The molecule has 92 valence electrons. The van der Waals surface area contributed by atoms with Crippen molar-refractivity contribution < 1.29 is 14.3 Å². The lowest BCUT2D eigenvalue weighted by atomic mass is 10.3. The molecule has 1 amide bonds. The van der Waals surface area contributed by atoms with Crippen LogP contribution in [-0.4, -0.2) is 50.6 Å². The van der Waals surface area contributed by atoms with Gasteiger partial charge in [-0.1, -0.05) is 6.08 Å². The Hall–Kier alpha value is -1.36. The van der Waals surface area contributed by atoms with E-state index in [-0.39, 0.29) is 11.9 Å². The second-order valence-electron chi connectivity index (χ2n) is 3.40. The van der Waals surface area contributed by atoms with E-state index in [1.807, 2.05) is 0 Å². The summed E-state index contributed by atoms with van der Waals surface area (Å²) in [6.45, 7) is 3.30. The molecule has 0 rings (SSSR count). The summed E-state index contributed by atoms with van der Waals surface area (Å²) in [5.41, 5.74) is 0. The standard InChI is InChI=1S/C11H20N2O3/c1-4-16-11(15)6-5-8-12-9-7-10(14)13(2)3/h5-6,12H,4,7-9H2,1-3H3/b6-5+. The van der Waals surface area contributed by atoms with Gasteiger partial charge in [0.05, 0.1) is 6.61 Å². The molecule has 0 saturated heterocycles. The average molecular weight is 228 g/mol. The van der Waals surface area contributed by atoms with Crippen molar-refractivity contribution in [2.45, 2.75) is 13.3 Å². The first-order valence-corrected chi connectivity index (χ1v) is 5.32. The molecule has 0 spiro atoms. The molecule has 5 nitrogen and oxygen atoms in total. The molecule has 1 N–H and O–H groups in total. The molecule has 0 radical (unpaired) electrons. The van der Waals surface area contributed by atoms with E-state index in [9.17, 15) is 9.59 Å². The maximum atomic E-state index is 11.2. The van der Waals surface area contributed by atoms with Gasteiger partial charge in [-0.25, -0.2) is 4.79 Å². The summed E-state index contributed by atoms with van der Waals surface area (Å²) in [4.78, 5) is 23.6. The fraction of sp³-hybridized carbons (Fsp3) is 0.636. The molecule has 0 aliphatic heterocycles. The van der Waals surface area contributed by atoms with E-state index >= 15 is 0 Å². The zero-order valence-electron chi connectivity index (χ0n) is 10.2. The highest BCUT2D eigenvalue weighted by Gasteiger charge is 2.01. The molecule has 0 aromatic heterocycles. The number of rotatable bonds is 7. The molecule has 0 saturated carbocycles. The van der Waals surface area contributed by atoms with Crippen molar-refractivity contribution in [2.24, 2.45) is 0 Å². The molecule has 0 bridgehead atoms. The van der Waals surface area contributed by atoms with Crippen molar-refractivity contribution in [3.05, 3.63) is 12.2 Å². The van der Waals surface area contributed by atoms with Crippen LogP contribution < -0.4 is 5.32 Å². The molecule has 0 fully saturated rings. The Labute approximate surface area is 96.4 Å². The lowest BCUT2D eigenvalue weighted by Gasteiger charge is -2.09. The summed E-state index contributed by atoms with van der Waals surface area (Å²) in [6, 6.07) is 0. The number of hydrogen-bond donors (Lipinski definition) is 1. The molecule has 0 aromatic rings. The van der Waals surface area contributed by atoms with Crippen molar-refractivity contribution in [3.8, 4) is 0 Å². The third-order valence-electron chi connectivity index (χ3n) is 1.82. The van der Waals surface area contributed by atoms with E-state index in [1.54, 1.807) is 32.0 Å². The van der Waals surface area contributed by atoms with Gasteiger partial charge in [0, 0.05) is 39.7 Å². The lowest BCUT2D eigenvalue weighted by molar-refractivity contribution is -0.137. The van der Waals surface area contributed by atoms with Crippen molar-refractivity contribution >= 4 is 11.9 Å². The lowest BCUT2D eigenvalue weighted by Crippen LogP contribution is -2.26. The average Bonchev–Trinajstić information content (AvgIpc) is 2.23. The third-order valence-corrected chi connectivity index (χ3v) is 1.82. The van der Waals surface area contributed by atoms with Crippen molar-refractivity contribution in [1.82, 2.24) is 10.2 Å². The summed E-state index contributed by atoms with van der Waals surface area (Å²) in [7, 11) is 3.45. The maximum absolute atomic E-state index is 11.2. The minimum Gasteiger partial charge on any atom is -0.463 e. The van der Waals surface area contributed by atoms with Gasteiger partial charge in [-0.05, 0) is 6.92 Å². The smallest absolute Gasteiger partial charge is 0.330 e. The van der Waals surface area contributed by atoms with Crippen LogP contribution in [0.5, 0.6) is 0 Å². The van der Waals surface area contributed by atoms with Gasteiger partial charge in [0.2, 0.25) is 5.91 Å². The van der Waals surface area contributed by atoms with Gasteiger partial charge in [0.1, 0.15) is 0 Å². The van der Waals surface area contributed by atoms with Crippen LogP contribution in [0.15, 0.2) is 12.2 Å². The molecule has 0 heterocycles. The Morgan fingerprint density at radius 2 is 2.06 bits per heavy atom. The third kappa shape index (κ3) is 7.99. The Morgan fingerprint density at radius 3 is 2.62 bits per heavy atom. The Balaban J connectivity index is 3.46. The highest BCUT2D eigenvalue weighted by molar-refractivity contribution is 5.81. The van der Waals surface area contributed by atoms with Crippen LogP contribution in [0, 0.1) is 0 Å². The largest absolute Gasteiger partial charge is 0.463 e. The number of nitrogens with zero attached hydrogens (tertiary/aromatic N) is 1. The predicted octanol–water partition coefficient (Wildman–Crippen LogP) is 0.174. The first kappa shape index (κ1) is 14.6. The number of carbonyl (C=O) groups is 2. The van der Waals surface area contributed by atoms with Gasteiger partial charge in [-0.2, -0.15) is 0 Å². The molecule has 0 atom stereocenters. The van der Waals surface area contributed by atoms with Gasteiger partial charge < -0.3 is 15.0 Å². The summed E-state index contributed by atoms with van der Waals surface area (Å²) >= 11 is 0. The molecular weight excluding hydrogens is 208 g/mol. The van der Waals surface area contributed by atoms with Crippen molar-refractivity contribution in [3.63, 3.8) is 0 Å². The molecule has 0 aliphatic carbocycles. The van der Waals surface area contributed by atoms with Crippen molar-refractivity contribution in [2.75, 3.05) is 33.8 Å². The topological polar surface area (TPSA) is 58.6 Å². The van der Waals surface area contributed by atoms with Crippen molar-refractivity contribution in [1.29, 1.82) is 0 Å². The first-order chi connectivity index (χ1) is 7.57. The highest BCUT2D eigenvalue weighted by atomic mass is 16.5. The minimum atomic E-state index is -0.339. The second kappa shape index (κ2) is 8.91. The SMILES string of the molecule is CCOC(=O)/C=C/CNCCC(=O)N(C)C. The summed E-state index contributed by atoms with van der Waals surface area (Å²) < 4.78 is 4.70. The van der Waals surface area contributed by atoms with Gasteiger partial charge in [-0.3, -0.25) is 4.79 Å². The van der Waals surface area contributed by atoms with E-state index in [0.29, 0.717) is 26.1 Å². The van der Waals surface area contributed by atoms with Gasteiger partial charge in [0.25, 0.3) is 0 Å². The summed E-state index contributed by atoms with van der Waals surface area (Å²) in [6.07, 6.45) is 3.52. The molecule has 0 unspecified atom stereocenters. The van der Waals surface area contributed by atoms with Crippen LogP contribution >= 0.6 is 0 Å². The quantitative estimate of drug-likeness (QED) is 0.383. The van der Waals surface area contributed by atoms with Gasteiger partial charge in [0.15, 0.2) is 0 Å². The molecule has 0 aliphatic rings. The zero-order chi connectivity index (χ0) is 12.4. The zero-order valence-corrected chi connectivity index (χ0v) is 10.2.